The fourth-order valence-electron chi connectivity index (χ4n) is 3.73. The van der Waals surface area contributed by atoms with Crippen molar-refractivity contribution in [1.29, 1.82) is 0 Å². The first-order valence-electron chi connectivity index (χ1n) is 8.63. The van der Waals surface area contributed by atoms with E-state index in [1.807, 2.05) is 0 Å². The van der Waals surface area contributed by atoms with Crippen LogP contribution in [0.25, 0.3) is 0 Å². The van der Waals surface area contributed by atoms with E-state index in [1.54, 1.807) is 0 Å². The second-order valence-electron chi connectivity index (χ2n) is 7.04. The number of likely N-dealkylation sites (tertiary alicyclic amines) is 1. The van der Waals surface area contributed by atoms with Gasteiger partial charge >= 0.3 is 0 Å². The van der Waals surface area contributed by atoms with E-state index in [0.29, 0.717) is 12.0 Å². The largest absolute Gasteiger partial charge is 0.327 e. The van der Waals surface area contributed by atoms with Crippen LogP contribution in [-0.4, -0.2) is 73.6 Å². The van der Waals surface area contributed by atoms with E-state index in [2.05, 4.69) is 52.1 Å². The predicted octanol–water partition coefficient (Wildman–Crippen LogP) is 1.08. The normalized spacial score (nSPS) is 28.8. The van der Waals surface area contributed by atoms with Crippen molar-refractivity contribution in [3.8, 4) is 0 Å². The molecule has 0 radical (unpaired) electrons. The minimum absolute atomic E-state index is 0.388. The lowest BCUT2D eigenvalue weighted by molar-refractivity contribution is 0.0854. The second-order valence-corrected chi connectivity index (χ2v) is 7.04. The average Bonchev–Trinajstić information content (AvgIpc) is 2.54. The lowest BCUT2D eigenvalue weighted by Gasteiger charge is -2.40. The molecule has 4 nitrogen and oxygen atoms in total. The Kier molecular flexibility index (Phi) is 5.47. The molecule has 2 N–H and O–H groups in total. The highest BCUT2D eigenvalue weighted by atomic mass is 15.3. The van der Waals surface area contributed by atoms with E-state index in [4.69, 9.17) is 5.73 Å². The number of hydrogen-bond donors (Lipinski definition) is 1. The molecule has 1 aromatic rings. The maximum absolute atomic E-state index is 6.32. The van der Waals surface area contributed by atoms with Crippen LogP contribution >= 0.6 is 0 Å². The number of benzene rings is 1. The van der Waals surface area contributed by atoms with E-state index in [0.717, 1.165) is 26.1 Å². The van der Waals surface area contributed by atoms with E-state index in [1.165, 1.54) is 38.3 Å². The molecule has 2 fully saturated rings. The van der Waals surface area contributed by atoms with E-state index in [9.17, 15) is 0 Å². The highest BCUT2D eigenvalue weighted by molar-refractivity contribution is 5.14. The van der Waals surface area contributed by atoms with Gasteiger partial charge in [-0.05, 0) is 31.5 Å². The molecule has 0 aromatic heterocycles. The van der Waals surface area contributed by atoms with Crippen molar-refractivity contribution in [3.63, 3.8) is 0 Å². The van der Waals surface area contributed by atoms with Gasteiger partial charge in [-0.2, -0.15) is 0 Å². The summed E-state index contributed by atoms with van der Waals surface area (Å²) in [5.74, 6) is 0.638. The SMILES string of the molecule is CN1CCC(N)C(CN2CCN(Cc3ccccc3)CC2)C1. The molecule has 22 heavy (non-hydrogen) atoms. The van der Waals surface area contributed by atoms with Crippen molar-refractivity contribution >= 4 is 0 Å². The Hall–Kier alpha value is -0.940. The molecule has 2 aliphatic heterocycles. The summed E-state index contributed by atoms with van der Waals surface area (Å²) in [5, 5.41) is 0. The quantitative estimate of drug-likeness (QED) is 0.903. The molecule has 4 heteroatoms. The summed E-state index contributed by atoms with van der Waals surface area (Å²) >= 11 is 0. The fraction of sp³-hybridized carbons (Fsp3) is 0.667. The van der Waals surface area contributed by atoms with Gasteiger partial charge in [0.25, 0.3) is 0 Å². The second kappa shape index (κ2) is 7.55. The molecule has 2 aliphatic rings. The molecule has 3 rings (SSSR count). The molecule has 2 atom stereocenters. The van der Waals surface area contributed by atoms with Crippen LogP contribution in [0.15, 0.2) is 30.3 Å². The van der Waals surface area contributed by atoms with Crippen LogP contribution in [0.4, 0.5) is 0 Å². The van der Waals surface area contributed by atoms with Gasteiger partial charge in [0.05, 0.1) is 0 Å². The molecule has 0 bridgehead atoms. The summed E-state index contributed by atoms with van der Waals surface area (Å²) in [6, 6.07) is 11.2. The van der Waals surface area contributed by atoms with Crippen molar-refractivity contribution in [2.75, 3.05) is 52.9 Å². The first-order valence-corrected chi connectivity index (χ1v) is 8.63. The summed E-state index contributed by atoms with van der Waals surface area (Å²) in [5.41, 5.74) is 7.75. The predicted molar refractivity (Wildman–Crippen MR) is 91.7 cm³/mol. The first kappa shape index (κ1) is 15.9. The third-order valence-corrected chi connectivity index (χ3v) is 5.20. The summed E-state index contributed by atoms with van der Waals surface area (Å²) in [7, 11) is 2.22. The third kappa shape index (κ3) is 4.29. The van der Waals surface area contributed by atoms with Crippen molar-refractivity contribution < 1.29 is 0 Å². The van der Waals surface area contributed by atoms with Crippen molar-refractivity contribution in [2.45, 2.75) is 19.0 Å². The van der Waals surface area contributed by atoms with Gasteiger partial charge in [-0.1, -0.05) is 30.3 Å². The molecular formula is C18H30N4. The van der Waals surface area contributed by atoms with Gasteiger partial charge in [-0.15, -0.1) is 0 Å². The highest BCUT2D eigenvalue weighted by Crippen LogP contribution is 2.17. The number of rotatable bonds is 4. The van der Waals surface area contributed by atoms with Crippen molar-refractivity contribution in [1.82, 2.24) is 14.7 Å². The zero-order chi connectivity index (χ0) is 15.4. The molecule has 1 aromatic carbocycles. The first-order chi connectivity index (χ1) is 10.7. The van der Waals surface area contributed by atoms with Gasteiger partial charge < -0.3 is 15.5 Å². The van der Waals surface area contributed by atoms with Crippen LogP contribution in [0.1, 0.15) is 12.0 Å². The van der Waals surface area contributed by atoms with Gasteiger partial charge in [0, 0.05) is 51.9 Å². The topological polar surface area (TPSA) is 35.7 Å². The van der Waals surface area contributed by atoms with Gasteiger partial charge in [0.2, 0.25) is 0 Å². The summed E-state index contributed by atoms with van der Waals surface area (Å²) < 4.78 is 0. The highest BCUT2D eigenvalue weighted by Gasteiger charge is 2.27. The van der Waals surface area contributed by atoms with Crippen LogP contribution in [0.2, 0.25) is 0 Å². The van der Waals surface area contributed by atoms with Gasteiger partial charge in [-0.25, -0.2) is 0 Å². The van der Waals surface area contributed by atoms with E-state index in [-0.39, 0.29) is 0 Å². The van der Waals surface area contributed by atoms with Gasteiger partial charge in [0.1, 0.15) is 0 Å². The molecule has 0 aliphatic carbocycles. The monoisotopic (exact) mass is 302 g/mol. The maximum atomic E-state index is 6.32. The summed E-state index contributed by atoms with van der Waals surface area (Å²) in [4.78, 5) is 7.61. The van der Waals surface area contributed by atoms with Gasteiger partial charge in [-0.3, -0.25) is 4.90 Å². The lowest BCUT2D eigenvalue weighted by atomic mass is 9.92. The van der Waals surface area contributed by atoms with Crippen LogP contribution in [0.5, 0.6) is 0 Å². The molecule has 2 unspecified atom stereocenters. The van der Waals surface area contributed by atoms with E-state index >= 15 is 0 Å². The molecule has 122 valence electrons. The molecule has 0 amide bonds. The minimum Gasteiger partial charge on any atom is -0.327 e. The number of piperazine rings is 1. The third-order valence-electron chi connectivity index (χ3n) is 5.20. The van der Waals surface area contributed by atoms with Crippen molar-refractivity contribution in [3.05, 3.63) is 35.9 Å². The van der Waals surface area contributed by atoms with Crippen LogP contribution in [-0.2, 0) is 6.54 Å². The van der Waals surface area contributed by atoms with Crippen molar-refractivity contribution in [2.24, 2.45) is 11.7 Å². The number of nitrogens with zero attached hydrogens (tertiary/aromatic N) is 3. The lowest BCUT2D eigenvalue weighted by Crippen LogP contribution is -2.53. The van der Waals surface area contributed by atoms with Gasteiger partial charge in [0.15, 0.2) is 0 Å². The average molecular weight is 302 g/mol. The van der Waals surface area contributed by atoms with Crippen LogP contribution in [0, 0.1) is 5.92 Å². The summed E-state index contributed by atoms with van der Waals surface area (Å²) in [6.07, 6.45) is 1.15. The number of hydrogen-bond acceptors (Lipinski definition) is 4. The van der Waals surface area contributed by atoms with Crippen LogP contribution in [0.3, 0.4) is 0 Å². The Balaban J connectivity index is 1.43. The standard InChI is InChI=1S/C18H30N4/c1-20-8-7-18(19)17(14-20)15-22-11-9-21(10-12-22)13-16-5-3-2-4-6-16/h2-6,17-18H,7-15,19H2,1H3. The van der Waals surface area contributed by atoms with E-state index < -0.39 is 0 Å². The Morgan fingerprint density at radius 2 is 1.68 bits per heavy atom. The maximum Gasteiger partial charge on any atom is 0.0234 e. The minimum atomic E-state index is 0.388. The summed E-state index contributed by atoms with van der Waals surface area (Å²) in [6.45, 7) is 9.28. The Morgan fingerprint density at radius 3 is 2.41 bits per heavy atom. The van der Waals surface area contributed by atoms with Crippen LogP contribution < -0.4 is 5.73 Å². The Bertz CT molecular complexity index is 442. The Labute approximate surface area is 134 Å². The zero-order valence-corrected chi connectivity index (χ0v) is 13.8. The fourth-order valence-corrected chi connectivity index (χ4v) is 3.73. The molecule has 2 heterocycles. The molecule has 0 saturated carbocycles. The Morgan fingerprint density at radius 1 is 1.00 bits per heavy atom. The number of piperidine rings is 1. The molecule has 2 saturated heterocycles. The molecule has 0 spiro atoms. The molecular weight excluding hydrogens is 272 g/mol. The number of nitrogens with two attached hydrogens (primary N) is 1. The smallest absolute Gasteiger partial charge is 0.0234 e. The zero-order valence-electron chi connectivity index (χ0n) is 13.8.